The number of carboxylic acid groups (broad SMARTS) is 1. The number of hydrogen-bond donors (Lipinski definition) is 1. The third-order valence-corrected chi connectivity index (χ3v) is 5.72. The van der Waals surface area contributed by atoms with Crippen LogP contribution in [0.5, 0.6) is 0 Å². The Morgan fingerprint density at radius 2 is 1.88 bits per heavy atom. The van der Waals surface area contributed by atoms with Gasteiger partial charge in [0.2, 0.25) is 0 Å². The fourth-order valence-electron chi connectivity index (χ4n) is 3.62. The van der Waals surface area contributed by atoms with Crippen molar-refractivity contribution in [3.05, 3.63) is 45.6 Å². The molecule has 1 N–H and O–H groups in total. The largest absolute Gasteiger partial charge is 0.478 e. The lowest BCUT2D eigenvalue weighted by atomic mass is 9.89. The number of carbonyl (C=O) groups is 1. The van der Waals surface area contributed by atoms with Crippen LogP contribution in [0.25, 0.3) is 11.3 Å². The van der Waals surface area contributed by atoms with Gasteiger partial charge in [-0.15, -0.1) is 0 Å². The molecular formula is C19H21Cl2NO2. The van der Waals surface area contributed by atoms with Gasteiger partial charge in [-0.05, 0) is 49.4 Å². The summed E-state index contributed by atoms with van der Waals surface area (Å²) in [5.74, 6) is -0.288. The highest BCUT2D eigenvalue weighted by Crippen LogP contribution is 2.33. The van der Waals surface area contributed by atoms with Crippen LogP contribution in [0.3, 0.4) is 0 Å². The Labute approximate surface area is 152 Å². The van der Waals surface area contributed by atoms with E-state index in [1.54, 1.807) is 12.1 Å². The van der Waals surface area contributed by atoms with Gasteiger partial charge in [0.05, 0.1) is 15.6 Å². The lowest BCUT2D eigenvalue weighted by molar-refractivity contribution is 0.0696. The minimum absolute atomic E-state index is 0.354. The van der Waals surface area contributed by atoms with Gasteiger partial charge in [-0.3, -0.25) is 0 Å². The molecule has 0 atom stereocenters. The lowest BCUT2D eigenvalue weighted by Crippen LogP contribution is -2.16. The minimum Gasteiger partial charge on any atom is -0.478 e. The van der Waals surface area contributed by atoms with Crippen LogP contribution in [0.4, 0.5) is 0 Å². The summed E-state index contributed by atoms with van der Waals surface area (Å²) in [4.78, 5) is 11.6. The van der Waals surface area contributed by atoms with E-state index in [-0.39, 0.29) is 0 Å². The third kappa shape index (κ3) is 3.47. The number of aromatic nitrogens is 1. The van der Waals surface area contributed by atoms with E-state index >= 15 is 0 Å². The second kappa shape index (κ2) is 7.20. The van der Waals surface area contributed by atoms with Crippen molar-refractivity contribution in [3.8, 4) is 11.3 Å². The van der Waals surface area contributed by atoms with Gasteiger partial charge in [0.1, 0.15) is 0 Å². The summed E-state index contributed by atoms with van der Waals surface area (Å²) >= 11 is 12.2. The summed E-state index contributed by atoms with van der Waals surface area (Å²) in [7, 11) is 0. The zero-order valence-corrected chi connectivity index (χ0v) is 15.2. The van der Waals surface area contributed by atoms with E-state index < -0.39 is 5.97 Å². The Morgan fingerprint density at radius 3 is 2.50 bits per heavy atom. The molecule has 2 aromatic rings. The summed E-state index contributed by atoms with van der Waals surface area (Å²) in [5, 5.41) is 10.5. The molecule has 3 nitrogen and oxygen atoms in total. The predicted octanol–water partition coefficient (Wildman–Crippen LogP) is 6.05. The van der Waals surface area contributed by atoms with Crippen molar-refractivity contribution < 1.29 is 9.90 Å². The molecule has 3 rings (SSSR count). The van der Waals surface area contributed by atoms with E-state index in [9.17, 15) is 9.90 Å². The first kappa shape index (κ1) is 17.4. The van der Waals surface area contributed by atoms with Gasteiger partial charge in [-0.2, -0.15) is 0 Å². The molecule has 1 aromatic carbocycles. The quantitative estimate of drug-likeness (QED) is 0.716. The number of benzene rings is 1. The lowest BCUT2D eigenvalue weighted by Gasteiger charge is -2.24. The van der Waals surface area contributed by atoms with Crippen LogP contribution in [-0.2, 0) is 6.54 Å². The highest BCUT2D eigenvalue weighted by atomic mass is 35.5. The van der Waals surface area contributed by atoms with Gasteiger partial charge >= 0.3 is 5.97 Å². The van der Waals surface area contributed by atoms with Crippen molar-refractivity contribution in [1.29, 1.82) is 0 Å². The number of rotatable bonds is 4. The molecule has 24 heavy (non-hydrogen) atoms. The molecule has 0 unspecified atom stereocenters. The molecule has 0 radical (unpaired) electrons. The number of carboxylic acids is 1. The van der Waals surface area contributed by atoms with Gasteiger partial charge in [-0.25, -0.2) is 4.79 Å². The van der Waals surface area contributed by atoms with E-state index in [1.807, 2.05) is 19.1 Å². The van der Waals surface area contributed by atoms with Crippen LogP contribution < -0.4 is 0 Å². The SMILES string of the molecule is Cc1c(C(=O)O)cc(-c2ccc(Cl)c(Cl)c2)n1CC1CCCCC1. The summed E-state index contributed by atoms with van der Waals surface area (Å²) in [6.45, 7) is 2.74. The molecule has 1 saturated carbocycles. The highest BCUT2D eigenvalue weighted by Gasteiger charge is 2.22. The van der Waals surface area contributed by atoms with Gasteiger partial charge in [-0.1, -0.05) is 48.5 Å². The maximum absolute atomic E-state index is 11.6. The monoisotopic (exact) mass is 365 g/mol. The average molecular weight is 366 g/mol. The molecule has 128 valence electrons. The van der Waals surface area contributed by atoms with Crippen molar-refractivity contribution in [2.75, 3.05) is 0 Å². The molecule has 1 aliphatic rings. The van der Waals surface area contributed by atoms with Crippen LogP contribution in [0.1, 0.15) is 48.2 Å². The van der Waals surface area contributed by atoms with Gasteiger partial charge in [0.15, 0.2) is 0 Å². The van der Waals surface area contributed by atoms with E-state index in [0.29, 0.717) is 21.5 Å². The Balaban J connectivity index is 2.04. The number of aromatic carboxylic acids is 1. The first-order valence-corrected chi connectivity index (χ1v) is 9.12. The second-order valence-electron chi connectivity index (χ2n) is 6.58. The van der Waals surface area contributed by atoms with Crippen molar-refractivity contribution in [2.45, 2.75) is 45.6 Å². The van der Waals surface area contributed by atoms with Gasteiger partial charge < -0.3 is 9.67 Å². The number of nitrogens with zero attached hydrogens (tertiary/aromatic N) is 1. The zero-order valence-electron chi connectivity index (χ0n) is 13.7. The number of halogens is 2. The molecule has 0 aliphatic heterocycles. The first-order valence-electron chi connectivity index (χ1n) is 8.36. The van der Waals surface area contributed by atoms with Gasteiger partial charge in [0, 0.05) is 17.9 Å². The van der Waals surface area contributed by atoms with E-state index in [2.05, 4.69) is 4.57 Å². The van der Waals surface area contributed by atoms with Gasteiger partial charge in [0.25, 0.3) is 0 Å². The van der Waals surface area contributed by atoms with Crippen molar-refractivity contribution in [3.63, 3.8) is 0 Å². The van der Waals surface area contributed by atoms with E-state index in [4.69, 9.17) is 23.2 Å². The smallest absolute Gasteiger partial charge is 0.337 e. The normalized spacial score (nSPS) is 15.6. The number of hydrogen-bond acceptors (Lipinski definition) is 1. The molecule has 1 heterocycles. The molecule has 0 spiro atoms. The van der Waals surface area contributed by atoms with E-state index in [0.717, 1.165) is 23.5 Å². The third-order valence-electron chi connectivity index (χ3n) is 4.98. The van der Waals surface area contributed by atoms with Crippen LogP contribution in [0.15, 0.2) is 24.3 Å². The van der Waals surface area contributed by atoms with Crippen LogP contribution in [0, 0.1) is 12.8 Å². The maximum atomic E-state index is 11.6. The Bertz CT molecular complexity index is 761. The summed E-state index contributed by atoms with van der Waals surface area (Å²) in [6, 6.07) is 7.21. The van der Waals surface area contributed by atoms with Crippen molar-refractivity contribution >= 4 is 29.2 Å². The van der Waals surface area contributed by atoms with Crippen LogP contribution in [-0.4, -0.2) is 15.6 Å². The molecule has 0 amide bonds. The summed E-state index contributed by atoms with van der Waals surface area (Å²) in [5.41, 5.74) is 2.95. The maximum Gasteiger partial charge on any atom is 0.337 e. The molecule has 1 fully saturated rings. The molecule has 1 aliphatic carbocycles. The minimum atomic E-state index is -0.892. The Morgan fingerprint density at radius 1 is 1.17 bits per heavy atom. The Hall–Kier alpha value is -1.45. The van der Waals surface area contributed by atoms with Crippen molar-refractivity contribution in [1.82, 2.24) is 4.57 Å². The molecule has 0 saturated heterocycles. The Kier molecular flexibility index (Phi) is 5.21. The topological polar surface area (TPSA) is 42.2 Å². The standard InChI is InChI=1S/C19H21Cl2NO2/c1-12-15(19(23)24)10-18(14-7-8-16(20)17(21)9-14)22(12)11-13-5-3-2-4-6-13/h7-10,13H,2-6,11H2,1H3,(H,23,24). The fourth-order valence-corrected chi connectivity index (χ4v) is 3.92. The fraction of sp³-hybridized carbons (Fsp3) is 0.421. The summed E-state index contributed by atoms with van der Waals surface area (Å²) < 4.78 is 2.14. The van der Waals surface area contributed by atoms with Crippen molar-refractivity contribution in [2.24, 2.45) is 5.92 Å². The second-order valence-corrected chi connectivity index (χ2v) is 7.39. The van der Waals surface area contributed by atoms with Crippen LogP contribution in [0.2, 0.25) is 10.0 Å². The predicted molar refractivity (Wildman–Crippen MR) is 98.2 cm³/mol. The summed E-state index contributed by atoms with van der Waals surface area (Å²) in [6.07, 6.45) is 6.25. The molecular weight excluding hydrogens is 345 g/mol. The highest BCUT2D eigenvalue weighted by molar-refractivity contribution is 6.42. The molecule has 5 heteroatoms. The molecule has 0 bridgehead atoms. The van der Waals surface area contributed by atoms with E-state index in [1.165, 1.54) is 32.1 Å². The first-order chi connectivity index (χ1) is 11.5. The van der Waals surface area contributed by atoms with Crippen LogP contribution >= 0.6 is 23.2 Å². The zero-order chi connectivity index (χ0) is 17.3. The average Bonchev–Trinajstić information content (AvgIpc) is 2.88. The molecule has 1 aromatic heterocycles.